The Morgan fingerprint density at radius 3 is 3.00 bits per heavy atom. The highest BCUT2D eigenvalue weighted by Crippen LogP contribution is 2.06. The number of nitrogens with zero attached hydrogens (tertiary/aromatic N) is 1. The summed E-state index contributed by atoms with van der Waals surface area (Å²) in [5.41, 5.74) is 1.59. The van der Waals surface area contributed by atoms with Crippen molar-refractivity contribution in [2.24, 2.45) is 0 Å². The molecule has 0 aliphatic carbocycles. The molecule has 0 unspecified atom stereocenters. The molecule has 5 heteroatoms. The Morgan fingerprint density at radius 2 is 2.38 bits per heavy atom. The van der Waals surface area contributed by atoms with E-state index < -0.39 is 0 Å². The van der Waals surface area contributed by atoms with Gasteiger partial charge < -0.3 is 15.4 Å². The maximum absolute atomic E-state index is 11.5. The number of urea groups is 1. The van der Waals surface area contributed by atoms with Crippen LogP contribution in [-0.2, 0) is 4.74 Å². The van der Waals surface area contributed by atoms with E-state index in [0.717, 1.165) is 11.4 Å². The van der Waals surface area contributed by atoms with Gasteiger partial charge in [-0.05, 0) is 26.0 Å². The van der Waals surface area contributed by atoms with Gasteiger partial charge in [-0.2, -0.15) is 0 Å². The summed E-state index contributed by atoms with van der Waals surface area (Å²) >= 11 is 0. The number of carbonyl (C=O) groups excluding carboxylic acids is 1. The highest BCUT2D eigenvalue weighted by Gasteiger charge is 2.06. The van der Waals surface area contributed by atoms with Crippen LogP contribution in [0.1, 0.15) is 12.6 Å². The largest absolute Gasteiger partial charge is 0.383 e. The normalized spacial score (nSPS) is 11.9. The second-order valence-corrected chi connectivity index (χ2v) is 3.64. The number of aromatic nitrogens is 1. The summed E-state index contributed by atoms with van der Waals surface area (Å²) in [5.74, 6) is 0. The van der Waals surface area contributed by atoms with E-state index in [-0.39, 0.29) is 12.1 Å². The molecule has 0 bridgehead atoms. The Hall–Kier alpha value is -1.62. The zero-order chi connectivity index (χ0) is 12.0. The molecule has 1 aromatic heterocycles. The van der Waals surface area contributed by atoms with Crippen LogP contribution in [0.25, 0.3) is 0 Å². The zero-order valence-electron chi connectivity index (χ0n) is 9.78. The second kappa shape index (κ2) is 6.07. The van der Waals surface area contributed by atoms with Crippen molar-refractivity contribution in [1.82, 2.24) is 10.3 Å². The minimum atomic E-state index is -0.241. The molecule has 1 heterocycles. The number of hydrogen-bond donors (Lipinski definition) is 2. The molecule has 2 N–H and O–H groups in total. The van der Waals surface area contributed by atoms with Crippen molar-refractivity contribution in [2.45, 2.75) is 19.9 Å². The number of amides is 2. The van der Waals surface area contributed by atoms with Crippen molar-refractivity contribution in [3.05, 3.63) is 24.0 Å². The third kappa shape index (κ3) is 4.27. The molecule has 1 rings (SSSR count). The standard InChI is InChI=1S/C11H17N3O2/c1-8-6-10(4-5-12-8)14-11(15)13-9(2)7-16-3/h4-6,9H,7H2,1-3H3,(H2,12,13,14,15)/t9-/m1/s1. The molecule has 0 aliphatic heterocycles. The van der Waals surface area contributed by atoms with Crippen LogP contribution in [0.4, 0.5) is 10.5 Å². The van der Waals surface area contributed by atoms with Crippen molar-refractivity contribution >= 4 is 11.7 Å². The average molecular weight is 223 g/mol. The molecule has 0 saturated heterocycles. The van der Waals surface area contributed by atoms with Crippen LogP contribution in [0.15, 0.2) is 18.3 Å². The van der Waals surface area contributed by atoms with Crippen LogP contribution in [0.3, 0.4) is 0 Å². The van der Waals surface area contributed by atoms with E-state index in [1.54, 1.807) is 25.4 Å². The number of hydrogen-bond acceptors (Lipinski definition) is 3. The third-order valence-electron chi connectivity index (χ3n) is 1.95. The Morgan fingerprint density at radius 1 is 1.62 bits per heavy atom. The minimum absolute atomic E-state index is 0.0204. The quantitative estimate of drug-likeness (QED) is 0.814. The molecule has 1 aromatic rings. The lowest BCUT2D eigenvalue weighted by atomic mass is 10.3. The Balaban J connectivity index is 2.45. The summed E-state index contributed by atoms with van der Waals surface area (Å²) in [6.07, 6.45) is 1.66. The average Bonchev–Trinajstić information content (AvgIpc) is 2.17. The molecule has 0 saturated carbocycles. The summed E-state index contributed by atoms with van der Waals surface area (Å²) in [7, 11) is 1.60. The van der Waals surface area contributed by atoms with Gasteiger partial charge in [0.05, 0.1) is 12.6 Å². The number of aryl methyl sites for hydroxylation is 1. The smallest absolute Gasteiger partial charge is 0.319 e. The molecule has 0 aliphatic rings. The third-order valence-corrected chi connectivity index (χ3v) is 1.95. The number of rotatable bonds is 4. The van der Waals surface area contributed by atoms with E-state index in [9.17, 15) is 4.79 Å². The Labute approximate surface area is 95.2 Å². The SMILES string of the molecule is COC[C@@H](C)NC(=O)Nc1ccnc(C)c1. The van der Waals surface area contributed by atoms with Crippen molar-refractivity contribution in [3.63, 3.8) is 0 Å². The highest BCUT2D eigenvalue weighted by molar-refractivity contribution is 5.89. The fourth-order valence-corrected chi connectivity index (χ4v) is 1.31. The molecule has 0 fully saturated rings. The summed E-state index contributed by atoms with van der Waals surface area (Å²) in [6, 6.07) is 3.29. The fraction of sp³-hybridized carbons (Fsp3) is 0.455. The maximum atomic E-state index is 11.5. The maximum Gasteiger partial charge on any atom is 0.319 e. The van der Waals surface area contributed by atoms with Gasteiger partial charge in [0.25, 0.3) is 0 Å². The molecular formula is C11H17N3O2. The first-order valence-electron chi connectivity index (χ1n) is 5.11. The lowest BCUT2D eigenvalue weighted by Crippen LogP contribution is -2.38. The minimum Gasteiger partial charge on any atom is -0.383 e. The second-order valence-electron chi connectivity index (χ2n) is 3.64. The van der Waals surface area contributed by atoms with Crippen LogP contribution in [0.2, 0.25) is 0 Å². The van der Waals surface area contributed by atoms with Gasteiger partial charge >= 0.3 is 6.03 Å². The number of methoxy groups -OCH3 is 1. The van der Waals surface area contributed by atoms with E-state index in [2.05, 4.69) is 15.6 Å². The number of pyridine rings is 1. The van der Waals surface area contributed by atoms with Gasteiger partial charge in [-0.3, -0.25) is 4.98 Å². The van der Waals surface area contributed by atoms with Crippen LogP contribution in [0, 0.1) is 6.92 Å². The first-order valence-corrected chi connectivity index (χ1v) is 5.11. The van der Waals surface area contributed by atoms with Crippen molar-refractivity contribution in [2.75, 3.05) is 19.0 Å². The molecular weight excluding hydrogens is 206 g/mol. The first-order chi connectivity index (χ1) is 7.61. The summed E-state index contributed by atoms with van der Waals surface area (Å²) in [4.78, 5) is 15.6. The van der Waals surface area contributed by atoms with E-state index in [1.165, 1.54) is 0 Å². The van der Waals surface area contributed by atoms with Crippen molar-refractivity contribution in [1.29, 1.82) is 0 Å². The number of nitrogens with one attached hydrogen (secondary N) is 2. The van der Waals surface area contributed by atoms with E-state index in [4.69, 9.17) is 4.74 Å². The summed E-state index contributed by atoms with van der Waals surface area (Å²) in [6.45, 7) is 4.24. The van der Waals surface area contributed by atoms with E-state index >= 15 is 0 Å². The number of carbonyl (C=O) groups is 1. The molecule has 0 aromatic carbocycles. The predicted octanol–water partition coefficient (Wildman–Crippen LogP) is 1.55. The van der Waals surface area contributed by atoms with E-state index in [1.807, 2.05) is 13.8 Å². The topological polar surface area (TPSA) is 63.2 Å². The molecule has 0 radical (unpaired) electrons. The molecule has 2 amide bonds. The number of ether oxygens (including phenoxy) is 1. The highest BCUT2D eigenvalue weighted by atomic mass is 16.5. The zero-order valence-corrected chi connectivity index (χ0v) is 9.78. The van der Waals surface area contributed by atoms with Gasteiger partial charge in [-0.1, -0.05) is 0 Å². The van der Waals surface area contributed by atoms with Gasteiger partial charge in [0.2, 0.25) is 0 Å². The first kappa shape index (κ1) is 12.4. The van der Waals surface area contributed by atoms with Crippen LogP contribution >= 0.6 is 0 Å². The van der Waals surface area contributed by atoms with Gasteiger partial charge in [-0.25, -0.2) is 4.79 Å². The van der Waals surface area contributed by atoms with Crippen molar-refractivity contribution in [3.8, 4) is 0 Å². The Kier molecular flexibility index (Phi) is 4.72. The lowest BCUT2D eigenvalue weighted by molar-refractivity contribution is 0.173. The van der Waals surface area contributed by atoms with Gasteiger partial charge in [-0.15, -0.1) is 0 Å². The van der Waals surface area contributed by atoms with Crippen molar-refractivity contribution < 1.29 is 9.53 Å². The molecule has 1 atom stereocenters. The molecule has 88 valence electrons. The molecule has 5 nitrogen and oxygen atoms in total. The van der Waals surface area contributed by atoms with Gasteiger partial charge in [0.15, 0.2) is 0 Å². The lowest BCUT2D eigenvalue weighted by Gasteiger charge is -2.13. The van der Waals surface area contributed by atoms with Gasteiger partial charge in [0, 0.05) is 24.7 Å². The van der Waals surface area contributed by atoms with E-state index in [0.29, 0.717) is 6.61 Å². The molecule has 16 heavy (non-hydrogen) atoms. The van der Waals surface area contributed by atoms with Crippen LogP contribution in [-0.4, -0.2) is 30.8 Å². The Bertz CT molecular complexity index is 355. The number of anilines is 1. The van der Waals surface area contributed by atoms with Crippen LogP contribution < -0.4 is 10.6 Å². The molecule has 0 spiro atoms. The fourth-order valence-electron chi connectivity index (χ4n) is 1.31. The summed E-state index contributed by atoms with van der Waals surface area (Å²) < 4.78 is 4.92. The van der Waals surface area contributed by atoms with Crippen LogP contribution in [0.5, 0.6) is 0 Å². The van der Waals surface area contributed by atoms with Gasteiger partial charge in [0.1, 0.15) is 0 Å². The predicted molar refractivity (Wildman–Crippen MR) is 62.5 cm³/mol. The summed E-state index contributed by atoms with van der Waals surface area (Å²) in [5, 5.41) is 5.48. The monoisotopic (exact) mass is 223 g/mol.